The van der Waals surface area contributed by atoms with E-state index in [9.17, 15) is 4.79 Å². The summed E-state index contributed by atoms with van der Waals surface area (Å²) < 4.78 is 2.12. The first-order valence-electron chi connectivity index (χ1n) is 7.25. The number of carbonyl (C=O) groups is 1. The van der Waals surface area contributed by atoms with Gasteiger partial charge in [-0.05, 0) is 53.9 Å². The lowest BCUT2D eigenvalue weighted by Crippen LogP contribution is -2.13. The Kier molecular flexibility index (Phi) is 4.28. The Morgan fingerprint density at radius 2 is 2.04 bits per heavy atom. The molecule has 23 heavy (non-hydrogen) atoms. The Bertz CT molecular complexity index is 866. The normalized spacial score (nSPS) is 10.9. The van der Waals surface area contributed by atoms with Crippen LogP contribution in [0.3, 0.4) is 0 Å². The fourth-order valence-corrected chi connectivity index (χ4v) is 3.86. The van der Waals surface area contributed by atoms with Gasteiger partial charge in [-0.25, -0.2) is 0 Å². The molecule has 2 N–H and O–H groups in total. The molecule has 0 radical (unpaired) electrons. The molecule has 0 saturated carbocycles. The number of thiophene rings is 1. The lowest BCUT2D eigenvalue weighted by molar-refractivity contribution is 0.1000. The average molecular weight is 345 g/mol. The minimum absolute atomic E-state index is 0.392. The van der Waals surface area contributed by atoms with E-state index in [1.165, 1.54) is 0 Å². The molecule has 3 nitrogen and oxygen atoms in total. The molecular weight excluding hydrogens is 328 g/mol. The van der Waals surface area contributed by atoms with Gasteiger partial charge in [-0.15, -0.1) is 0 Å². The standard InChI is InChI=1S/C18H17ClN2OS/c1-11-16(14-6-7-23-10-14)17(18(20)22)12(2)21(11)9-13-4-3-5-15(19)8-13/h3-8,10H,9H2,1-2H3,(H2,20,22). The minimum Gasteiger partial charge on any atom is -0.366 e. The quantitative estimate of drug-likeness (QED) is 0.736. The van der Waals surface area contributed by atoms with Crippen LogP contribution >= 0.6 is 22.9 Å². The molecule has 5 heteroatoms. The Hall–Kier alpha value is -2.04. The number of primary amides is 1. The molecule has 0 unspecified atom stereocenters. The SMILES string of the molecule is Cc1c(C(N)=O)c(-c2ccsc2)c(C)n1Cc1cccc(Cl)c1. The molecule has 0 aliphatic carbocycles. The van der Waals surface area contributed by atoms with Crippen molar-refractivity contribution in [3.05, 3.63) is 68.6 Å². The summed E-state index contributed by atoms with van der Waals surface area (Å²) in [4.78, 5) is 12.0. The molecule has 2 aromatic heterocycles. The van der Waals surface area contributed by atoms with Crippen LogP contribution in [0.1, 0.15) is 27.3 Å². The second-order valence-electron chi connectivity index (χ2n) is 5.51. The summed E-state index contributed by atoms with van der Waals surface area (Å²) in [7, 11) is 0. The maximum absolute atomic E-state index is 12.0. The third-order valence-electron chi connectivity index (χ3n) is 4.07. The van der Waals surface area contributed by atoms with E-state index in [2.05, 4.69) is 4.57 Å². The fourth-order valence-electron chi connectivity index (χ4n) is 3.00. The highest BCUT2D eigenvalue weighted by Gasteiger charge is 2.22. The molecular formula is C18H17ClN2OS. The van der Waals surface area contributed by atoms with Gasteiger partial charge in [0, 0.05) is 28.5 Å². The number of halogens is 1. The van der Waals surface area contributed by atoms with E-state index in [-0.39, 0.29) is 0 Å². The number of aromatic nitrogens is 1. The third-order valence-corrected chi connectivity index (χ3v) is 4.99. The number of carbonyl (C=O) groups excluding carboxylic acids is 1. The van der Waals surface area contributed by atoms with Crippen LogP contribution in [0.4, 0.5) is 0 Å². The van der Waals surface area contributed by atoms with Gasteiger partial charge in [0.1, 0.15) is 0 Å². The molecule has 118 valence electrons. The number of hydrogen-bond donors (Lipinski definition) is 1. The van der Waals surface area contributed by atoms with Crippen molar-refractivity contribution < 1.29 is 4.79 Å². The molecule has 1 amide bonds. The Labute approximate surface area is 144 Å². The summed E-state index contributed by atoms with van der Waals surface area (Å²) in [6, 6.07) is 9.77. The van der Waals surface area contributed by atoms with Gasteiger partial charge in [-0.1, -0.05) is 23.7 Å². The van der Waals surface area contributed by atoms with E-state index in [1.807, 2.05) is 54.9 Å². The average Bonchev–Trinajstić information content (AvgIpc) is 3.09. The molecule has 0 bridgehead atoms. The highest BCUT2D eigenvalue weighted by atomic mass is 35.5. The zero-order valence-electron chi connectivity index (χ0n) is 13.0. The lowest BCUT2D eigenvalue weighted by Gasteiger charge is -2.10. The summed E-state index contributed by atoms with van der Waals surface area (Å²) in [6.07, 6.45) is 0. The van der Waals surface area contributed by atoms with Gasteiger partial charge in [0.05, 0.1) is 5.56 Å². The monoisotopic (exact) mass is 344 g/mol. The van der Waals surface area contributed by atoms with Gasteiger partial charge in [0.15, 0.2) is 0 Å². The minimum atomic E-state index is -0.392. The van der Waals surface area contributed by atoms with Crippen molar-refractivity contribution in [2.45, 2.75) is 20.4 Å². The van der Waals surface area contributed by atoms with Crippen LogP contribution in [0.15, 0.2) is 41.1 Å². The first-order chi connectivity index (χ1) is 11.0. The lowest BCUT2D eigenvalue weighted by atomic mass is 10.0. The maximum Gasteiger partial charge on any atom is 0.251 e. The second kappa shape index (κ2) is 6.22. The van der Waals surface area contributed by atoms with Gasteiger partial charge in [-0.3, -0.25) is 4.79 Å². The maximum atomic E-state index is 12.0. The van der Waals surface area contributed by atoms with E-state index >= 15 is 0 Å². The summed E-state index contributed by atoms with van der Waals surface area (Å²) in [6.45, 7) is 4.62. The smallest absolute Gasteiger partial charge is 0.251 e. The number of amides is 1. The number of benzene rings is 1. The van der Waals surface area contributed by atoms with Crippen molar-refractivity contribution in [1.29, 1.82) is 0 Å². The molecule has 3 rings (SSSR count). The van der Waals surface area contributed by atoms with E-state index in [4.69, 9.17) is 17.3 Å². The topological polar surface area (TPSA) is 48.0 Å². The third kappa shape index (κ3) is 2.92. The van der Waals surface area contributed by atoms with E-state index in [0.717, 1.165) is 28.1 Å². The van der Waals surface area contributed by atoms with E-state index in [1.54, 1.807) is 11.3 Å². The largest absolute Gasteiger partial charge is 0.366 e. The van der Waals surface area contributed by atoms with Gasteiger partial charge < -0.3 is 10.3 Å². The van der Waals surface area contributed by atoms with Gasteiger partial charge in [0.2, 0.25) is 0 Å². The van der Waals surface area contributed by atoms with Crippen LogP contribution < -0.4 is 5.73 Å². The van der Waals surface area contributed by atoms with Crippen LogP contribution in [0.25, 0.3) is 11.1 Å². The Morgan fingerprint density at radius 3 is 2.65 bits per heavy atom. The molecule has 0 spiro atoms. The van der Waals surface area contributed by atoms with Crippen molar-refractivity contribution >= 4 is 28.8 Å². The predicted octanol–water partition coefficient (Wildman–Crippen LogP) is 4.63. The number of rotatable bonds is 4. The molecule has 0 fully saturated rings. The first kappa shape index (κ1) is 15.8. The summed E-state index contributed by atoms with van der Waals surface area (Å²) in [5.74, 6) is -0.392. The van der Waals surface area contributed by atoms with Crippen LogP contribution in [-0.2, 0) is 6.54 Å². The van der Waals surface area contributed by atoms with Crippen molar-refractivity contribution in [3.8, 4) is 11.1 Å². The molecule has 0 aliphatic heterocycles. The first-order valence-corrected chi connectivity index (χ1v) is 8.57. The molecule has 0 aliphatic rings. The van der Waals surface area contributed by atoms with Gasteiger partial charge in [-0.2, -0.15) is 11.3 Å². The number of hydrogen-bond acceptors (Lipinski definition) is 2. The highest BCUT2D eigenvalue weighted by Crippen LogP contribution is 2.34. The molecule has 0 saturated heterocycles. The molecule has 3 aromatic rings. The molecule has 2 heterocycles. The van der Waals surface area contributed by atoms with E-state index < -0.39 is 5.91 Å². The molecule has 0 atom stereocenters. The van der Waals surface area contributed by atoms with E-state index in [0.29, 0.717) is 17.1 Å². The summed E-state index contributed by atoms with van der Waals surface area (Å²) in [5.41, 5.74) is 11.2. The summed E-state index contributed by atoms with van der Waals surface area (Å²) in [5, 5.41) is 4.75. The molecule has 1 aromatic carbocycles. The van der Waals surface area contributed by atoms with Crippen LogP contribution in [0.5, 0.6) is 0 Å². The van der Waals surface area contributed by atoms with Gasteiger partial charge in [0.25, 0.3) is 5.91 Å². The van der Waals surface area contributed by atoms with Crippen LogP contribution in [0, 0.1) is 13.8 Å². The summed E-state index contributed by atoms with van der Waals surface area (Å²) >= 11 is 7.68. The van der Waals surface area contributed by atoms with Crippen LogP contribution in [-0.4, -0.2) is 10.5 Å². The van der Waals surface area contributed by atoms with Crippen molar-refractivity contribution in [2.75, 3.05) is 0 Å². The highest BCUT2D eigenvalue weighted by molar-refractivity contribution is 7.08. The fraction of sp³-hybridized carbons (Fsp3) is 0.167. The van der Waals surface area contributed by atoms with Crippen LogP contribution in [0.2, 0.25) is 5.02 Å². The second-order valence-corrected chi connectivity index (χ2v) is 6.73. The zero-order chi connectivity index (χ0) is 16.6. The zero-order valence-corrected chi connectivity index (χ0v) is 14.5. The van der Waals surface area contributed by atoms with Crippen molar-refractivity contribution in [2.24, 2.45) is 5.73 Å². The number of nitrogens with two attached hydrogens (primary N) is 1. The Morgan fingerprint density at radius 1 is 1.26 bits per heavy atom. The van der Waals surface area contributed by atoms with Crippen molar-refractivity contribution in [3.63, 3.8) is 0 Å². The van der Waals surface area contributed by atoms with Gasteiger partial charge >= 0.3 is 0 Å². The Balaban J connectivity index is 2.15. The van der Waals surface area contributed by atoms with Crippen molar-refractivity contribution in [1.82, 2.24) is 4.57 Å². The number of nitrogens with zero attached hydrogens (tertiary/aromatic N) is 1. The predicted molar refractivity (Wildman–Crippen MR) is 96.3 cm³/mol.